The van der Waals surface area contributed by atoms with Crippen LogP contribution < -0.4 is 5.32 Å². The van der Waals surface area contributed by atoms with Gasteiger partial charge in [-0.1, -0.05) is 47.5 Å². The SMILES string of the molecule is CCCCOCC(O)CNCc1ccccc1Br. The summed E-state index contributed by atoms with van der Waals surface area (Å²) in [5.41, 5.74) is 1.19. The van der Waals surface area contributed by atoms with Gasteiger partial charge in [-0.2, -0.15) is 0 Å². The average molecular weight is 316 g/mol. The Morgan fingerprint density at radius 1 is 1.39 bits per heavy atom. The summed E-state index contributed by atoms with van der Waals surface area (Å²) in [6.07, 6.45) is 1.73. The summed E-state index contributed by atoms with van der Waals surface area (Å²) in [5, 5.41) is 12.9. The maximum absolute atomic E-state index is 9.70. The van der Waals surface area contributed by atoms with Crippen molar-refractivity contribution in [3.05, 3.63) is 34.3 Å². The van der Waals surface area contributed by atoms with Gasteiger partial charge in [0.15, 0.2) is 0 Å². The van der Waals surface area contributed by atoms with Crippen LogP contribution in [0, 0.1) is 0 Å². The molecule has 1 aromatic carbocycles. The third-order valence-electron chi connectivity index (χ3n) is 2.61. The van der Waals surface area contributed by atoms with Crippen molar-refractivity contribution in [2.75, 3.05) is 19.8 Å². The second kappa shape index (κ2) is 9.50. The summed E-state index contributed by atoms with van der Waals surface area (Å²) in [5.74, 6) is 0. The van der Waals surface area contributed by atoms with Gasteiger partial charge in [-0.15, -0.1) is 0 Å². The molecule has 0 radical (unpaired) electrons. The van der Waals surface area contributed by atoms with Crippen LogP contribution in [-0.4, -0.2) is 31.0 Å². The predicted octanol–water partition coefficient (Wildman–Crippen LogP) is 2.72. The number of halogens is 1. The smallest absolute Gasteiger partial charge is 0.0897 e. The minimum Gasteiger partial charge on any atom is -0.389 e. The van der Waals surface area contributed by atoms with Crippen LogP contribution in [0.3, 0.4) is 0 Å². The highest BCUT2D eigenvalue weighted by Gasteiger charge is 2.04. The molecule has 0 bridgehead atoms. The standard InChI is InChI=1S/C14H22BrNO2/c1-2-3-8-18-11-13(17)10-16-9-12-6-4-5-7-14(12)15/h4-7,13,16-17H,2-3,8-11H2,1H3. The maximum Gasteiger partial charge on any atom is 0.0897 e. The van der Waals surface area contributed by atoms with Gasteiger partial charge >= 0.3 is 0 Å². The van der Waals surface area contributed by atoms with Crippen LogP contribution in [0.1, 0.15) is 25.3 Å². The molecule has 0 aliphatic carbocycles. The second-order valence-corrected chi connectivity index (χ2v) is 5.16. The molecule has 102 valence electrons. The lowest BCUT2D eigenvalue weighted by atomic mass is 10.2. The molecule has 0 aromatic heterocycles. The van der Waals surface area contributed by atoms with E-state index in [4.69, 9.17) is 4.74 Å². The molecule has 0 saturated heterocycles. The highest BCUT2D eigenvalue weighted by molar-refractivity contribution is 9.10. The molecule has 18 heavy (non-hydrogen) atoms. The first-order chi connectivity index (χ1) is 8.74. The quantitative estimate of drug-likeness (QED) is 0.688. The van der Waals surface area contributed by atoms with Gasteiger partial charge in [-0.05, 0) is 18.1 Å². The lowest BCUT2D eigenvalue weighted by Crippen LogP contribution is -2.30. The zero-order valence-corrected chi connectivity index (χ0v) is 12.4. The summed E-state index contributed by atoms with van der Waals surface area (Å²) in [7, 11) is 0. The summed E-state index contributed by atoms with van der Waals surface area (Å²) in [6, 6.07) is 8.07. The zero-order valence-electron chi connectivity index (χ0n) is 10.9. The van der Waals surface area contributed by atoms with Crippen molar-refractivity contribution in [2.45, 2.75) is 32.4 Å². The van der Waals surface area contributed by atoms with E-state index in [1.165, 1.54) is 5.56 Å². The highest BCUT2D eigenvalue weighted by Crippen LogP contribution is 2.15. The van der Waals surface area contributed by atoms with E-state index in [9.17, 15) is 5.11 Å². The highest BCUT2D eigenvalue weighted by atomic mass is 79.9. The van der Waals surface area contributed by atoms with Gasteiger partial charge in [0.2, 0.25) is 0 Å². The number of ether oxygens (including phenoxy) is 1. The van der Waals surface area contributed by atoms with E-state index < -0.39 is 6.10 Å². The van der Waals surface area contributed by atoms with E-state index in [2.05, 4.69) is 34.2 Å². The molecule has 0 fully saturated rings. The maximum atomic E-state index is 9.70. The molecule has 1 atom stereocenters. The van der Waals surface area contributed by atoms with Crippen molar-refractivity contribution in [1.29, 1.82) is 0 Å². The minimum atomic E-state index is -0.440. The summed E-state index contributed by atoms with van der Waals surface area (Å²) in [4.78, 5) is 0. The van der Waals surface area contributed by atoms with Gasteiger partial charge in [0, 0.05) is 24.2 Å². The van der Waals surface area contributed by atoms with E-state index in [1.54, 1.807) is 0 Å². The number of aliphatic hydroxyl groups is 1. The Bertz CT molecular complexity index is 333. The lowest BCUT2D eigenvalue weighted by Gasteiger charge is -2.12. The molecular formula is C14H22BrNO2. The molecule has 1 unspecified atom stereocenters. The van der Waals surface area contributed by atoms with E-state index >= 15 is 0 Å². The van der Waals surface area contributed by atoms with Gasteiger partial charge in [0.25, 0.3) is 0 Å². The average Bonchev–Trinajstić information content (AvgIpc) is 2.37. The van der Waals surface area contributed by atoms with Crippen LogP contribution >= 0.6 is 15.9 Å². The Balaban J connectivity index is 2.12. The van der Waals surface area contributed by atoms with Crippen molar-refractivity contribution in [1.82, 2.24) is 5.32 Å². The third-order valence-corrected chi connectivity index (χ3v) is 3.38. The Hall–Kier alpha value is -0.420. The van der Waals surface area contributed by atoms with Crippen LogP contribution in [0.2, 0.25) is 0 Å². The first-order valence-corrected chi connectivity index (χ1v) is 7.23. The van der Waals surface area contributed by atoms with Crippen LogP contribution in [0.4, 0.5) is 0 Å². The van der Waals surface area contributed by atoms with Gasteiger partial charge in [-0.25, -0.2) is 0 Å². The first kappa shape index (κ1) is 15.6. The minimum absolute atomic E-state index is 0.406. The topological polar surface area (TPSA) is 41.5 Å². The zero-order chi connectivity index (χ0) is 13.2. The first-order valence-electron chi connectivity index (χ1n) is 6.44. The fourth-order valence-electron chi connectivity index (χ4n) is 1.54. The fraction of sp³-hybridized carbons (Fsp3) is 0.571. The van der Waals surface area contributed by atoms with Gasteiger partial charge in [-0.3, -0.25) is 0 Å². The molecule has 1 rings (SSSR count). The third kappa shape index (κ3) is 6.50. The number of hydrogen-bond acceptors (Lipinski definition) is 3. The monoisotopic (exact) mass is 315 g/mol. The predicted molar refractivity (Wildman–Crippen MR) is 77.6 cm³/mol. The van der Waals surface area contributed by atoms with Crippen LogP contribution in [0.5, 0.6) is 0 Å². The molecule has 3 nitrogen and oxygen atoms in total. The number of rotatable bonds is 9. The lowest BCUT2D eigenvalue weighted by molar-refractivity contribution is 0.0358. The van der Waals surface area contributed by atoms with Gasteiger partial charge in [0.05, 0.1) is 12.7 Å². The number of hydrogen-bond donors (Lipinski definition) is 2. The van der Waals surface area contributed by atoms with E-state index in [0.717, 1.165) is 30.5 Å². The summed E-state index contributed by atoms with van der Waals surface area (Å²) >= 11 is 3.50. The van der Waals surface area contributed by atoms with E-state index in [-0.39, 0.29) is 0 Å². The molecule has 1 aromatic rings. The van der Waals surface area contributed by atoms with E-state index in [0.29, 0.717) is 13.2 Å². The molecule has 0 heterocycles. The van der Waals surface area contributed by atoms with Gasteiger partial charge < -0.3 is 15.2 Å². The second-order valence-electron chi connectivity index (χ2n) is 4.30. The van der Waals surface area contributed by atoms with Crippen LogP contribution in [0.25, 0.3) is 0 Å². The van der Waals surface area contributed by atoms with E-state index in [1.807, 2.05) is 18.2 Å². The van der Waals surface area contributed by atoms with Crippen molar-refractivity contribution >= 4 is 15.9 Å². The Morgan fingerprint density at radius 2 is 2.17 bits per heavy atom. The number of unbranched alkanes of at least 4 members (excludes halogenated alkanes) is 1. The Labute approximate surface area is 118 Å². The number of aliphatic hydroxyl groups excluding tert-OH is 1. The summed E-state index contributed by atoms with van der Waals surface area (Å²) < 4.78 is 6.45. The fourth-order valence-corrected chi connectivity index (χ4v) is 1.96. The van der Waals surface area contributed by atoms with Crippen molar-refractivity contribution in [3.8, 4) is 0 Å². The van der Waals surface area contributed by atoms with Gasteiger partial charge in [0.1, 0.15) is 0 Å². The van der Waals surface area contributed by atoms with Crippen molar-refractivity contribution < 1.29 is 9.84 Å². The largest absolute Gasteiger partial charge is 0.389 e. The Kier molecular flexibility index (Phi) is 8.25. The Morgan fingerprint density at radius 3 is 2.89 bits per heavy atom. The molecular weight excluding hydrogens is 294 g/mol. The van der Waals surface area contributed by atoms with Crippen molar-refractivity contribution in [3.63, 3.8) is 0 Å². The molecule has 0 saturated carbocycles. The molecule has 4 heteroatoms. The molecule has 0 amide bonds. The number of nitrogens with one attached hydrogen (secondary N) is 1. The molecule has 2 N–H and O–H groups in total. The normalized spacial score (nSPS) is 12.6. The molecule has 0 aliphatic heterocycles. The summed E-state index contributed by atoms with van der Waals surface area (Å²) in [6.45, 7) is 4.56. The molecule has 0 spiro atoms. The number of benzene rings is 1. The van der Waals surface area contributed by atoms with Crippen LogP contribution in [0.15, 0.2) is 28.7 Å². The molecule has 0 aliphatic rings. The van der Waals surface area contributed by atoms with Crippen LogP contribution in [-0.2, 0) is 11.3 Å². The van der Waals surface area contributed by atoms with Crippen molar-refractivity contribution in [2.24, 2.45) is 0 Å².